The van der Waals surface area contributed by atoms with Crippen LogP contribution in [0.15, 0.2) is 12.1 Å². The number of hydrogen-bond donors (Lipinski definition) is 0. The summed E-state index contributed by atoms with van der Waals surface area (Å²) in [5.74, 6) is 0.273. The average Bonchev–Trinajstić information content (AvgIpc) is 2.19. The van der Waals surface area contributed by atoms with Gasteiger partial charge in [0.25, 0.3) is 0 Å². The normalized spacial score (nSPS) is 12.9. The maximum absolute atomic E-state index is 13.7. The molecule has 1 aromatic carbocycles. The van der Waals surface area contributed by atoms with E-state index < -0.39 is 0 Å². The molecule has 0 amide bonds. The minimum Gasteiger partial charge on any atom is -0.206 e. The molecule has 0 nitrogen and oxygen atoms in total. The van der Waals surface area contributed by atoms with Gasteiger partial charge < -0.3 is 0 Å². The zero-order valence-electron chi connectivity index (χ0n) is 8.28. The van der Waals surface area contributed by atoms with Crippen molar-refractivity contribution in [1.29, 1.82) is 0 Å². The zero-order valence-corrected chi connectivity index (χ0v) is 10.6. The topological polar surface area (TPSA) is 0 Å². The van der Waals surface area contributed by atoms with Gasteiger partial charge in [-0.05, 0) is 30.9 Å². The van der Waals surface area contributed by atoms with Crippen LogP contribution in [0.5, 0.6) is 0 Å². The van der Waals surface area contributed by atoms with Gasteiger partial charge in [0.1, 0.15) is 5.82 Å². The minimum absolute atomic E-state index is 0.162. The Kier molecular flexibility index (Phi) is 4.39. The number of halogens is 3. The smallest absolute Gasteiger partial charge is 0.130 e. The summed E-state index contributed by atoms with van der Waals surface area (Å²) < 4.78 is 13.7. The first-order chi connectivity index (χ1) is 6.56. The molecular formula is C11H13BrClF. The van der Waals surface area contributed by atoms with E-state index >= 15 is 0 Å². The van der Waals surface area contributed by atoms with E-state index in [1.54, 1.807) is 19.1 Å². The van der Waals surface area contributed by atoms with Crippen LogP contribution in [-0.2, 0) is 6.42 Å². The van der Waals surface area contributed by atoms with Crippen molar-refractivity contribution in [2.24, 2.45) is 5.92 Å². The molecule has 0 bridgehead atoms. The first-order valence-electron chi connectivity index (χ1n) is 4.55. The van der Waals surface area contributed by atoms with Crippen molar-refractivity contribution < 1.29 is 4.39 Å². The van der Waals surface area contributed by atoms with Crippen molar-refractivity contribution in [3.05, 3.63) is 34.1 Å². The number of rotatable bonds is 3. The summed E-state index contributed by atoms with van der Waals surface area (Å²) in [4.78, 5) is 0. The molecule has 0 heterocycles. The summed E-state index contributed by atoms with van der Waals surface area (Å²) in [6.45, 7) is 3.79. The third-order valence-electron chi connectivity index (χ3n) is 2.23. The van der Waals surface area contributed by atoms with E-state index in [1.807, 2.05) is 0 Å². The fraction of sp³-hybridized carbons (Fsp3) is 0.455. The maximum atomic E-state index is 13.7. The van der Waals surface area contributed by atoms with Crippen molar-refractivity contribution in [3.8, 4) is 0 Å². The first kappa shape index (κ1) is 12.0. The summed E-state index contributed by atoms with van der Waals surface area (Å²) in [7, 11) is 0. The molecule has 0 radical (unpaired) electrons. The molecule has 1 unspecified atom stereocenters. The van der Waals surface area contributed by atoms with Gasteiger partial charge in [0.15, 0.2) is 0 Å². The van der Waals surface area contributed by atoms with Crippen molar-refractivity contribution in [1.82, 2.24) is 0 Å². The van der Waals surface area contributed by atoms with Crippen LogP contribution >= 0.6 is 27.5 Å². The maximum Gasteiger partial charge on any atom is 0.130 e. The summed E-state index contributed by atoms with van der Waals surface area (Å²) in [6, 6.07) is 3.53. The number of hydrogen-bond acceptors (Lipinski definition) is 0. The summed E-state index contributed by atoms with van der Waals surface area (Å²) >= 11 is 9.19. The third-order valence-corrected chi connectivity index (χ3v) is 3.75. The van der Waals surface area contributed by atoms with Crippen LogP contribution in [-0.4, -0.2) is 5.33 Å². The quantitative estimate of drug-likeness (QED) is 0.721. The van der Waals surface area contributed by atoms with E-state index in [2.05, 4.69) is 22.9 Å². The molecule has 0 aliphatic heterocycles. The molecule has 0 fully saturated rings. The molecule has 0 saturated carbocycles. The van der Waals surface area contributed by atoms with Crippen LogP contribution in [0.2, 0.25) is 5.02 Å². The Bertz CT molecular complexity index is 325. The molecule has 3 heteroatoms. The Morgan fingerprint density at radius 3 is 2.71 bits per heavy atom. The highest BCUT2D eigenvalue weighted by Gasteiger charge is 2.10. The standard InChI is InChI=1S/C11H13BrClF/c1-7(6-12)5-9-3-4-10(13)8(2)11(9)14/h3-4,7H,5-6H2,1-2H3. The first-order valence-corrected chi connectivity index (χ1v) is 6.05. The van der Waals surface area contributed by atoms with Gasteiger partial charge in [0.2, 0.25) is 0 Å². The highest BCUT2D eigenvalue weighted by molar-refractivity contribution is 9.09. The molecule has 0 spiro atoms. The van der Waals surface area contributed by atoms with E-state index in [0.29, 0.717) is 16.5 Å². The second kappa shape index (κ2) is 5.13. The molecule has 0 aliphatic carbocycles. The lowest BCUT2D eigenvalue weighted by Crippen LogP contribution is -2.04. The van der Waals surface area contributed by atoms with Crippen molar-refractivity contribution >= 4 is 27.5 Å². The monoisotopic (exact) mass is 278 g/mol. The predicted molar refractivity (Wildman–Crippen MR) is 62.8 cm³/mol. The lowest BCUT2D eigenvalue weighted by atomic mass is 10.0. The van der Waals surface area contributed by atoms with Crippen molar-refractivity contribution in [2.45, 2.75) is 20.3 Å². The highest BCUT2D eigenvalue weighted by Crippen LogP contribution is 2.23. The van der Waals surface area contributed by atoms with Crippen LogP contribution in [0.1, 0.15) is 18.1 Å². The van der Waals surface area contributed by atoms with Gasteiger partial charge in [0.05, 0.1) is 0 Å². The summed E-state index contributed by atoms with van der Waals surface area (Å²) in [6.07, 6.45) is 0.745. The van der Waals surface area contributed by atoms with Gasteiger partial charge in [0, 0.05) is 15.9 Å². The zero-order chi connectivity index (χ0) is 10.7. The summed E-state index contributed by atoms with van der Waals surface area (Å²) in [5.41, 5.74) is 1.30. The van der Waals surface area contributed by atoms with Gasteiger partial charge in [-0.15, -0.1) is 0 Å². The minimum atomic E-state index is -0.162. The molecule has 1 atom stereocenters. The van der Waals surface area contributed by atoms with Crippen LogP contribution in [0.3, 0.4) is 0 Å². The van der Waals surface area contributed by atoms with Crippen molar-refractivity contribution in [2.75, 3.05) is 5.33 Å². The Hall–Kier alpha value is -0.0800. The van der Waals surface area contributed by atoms with Gasteiger partial charge in [-0.3, -0.25) is 0 Å². The van der Waals surface area contributed by atoms with Gasteiger partial charge in [-0.2, -0.15) is 0 Å². The Balaban J connectivity index is 2.94. The van der Waals surface area contributed by atoms with Gasteiger partial charge in [-0.25, -0.2) is 4.39 Å². The molecule has 0 aliphatic rings. The van der Waals surface area contributed by atoms with Crippen molar-refractivity contribution in [3.63, 3.8) is 0 Å². The predicted octanol–water partition coefficient (Wildman–Crippen LogP) is 4.36. The third kappa shape index (κ3) is 2.71. The molecule has 1 aromatic rings. The molecule has 1 rings (SSSR count). The molecule has 0 aromatic heterocycles. The van der Waals surface area contributed by atoms with E-state index in [4.69, 9.17) is 11.6 Å². The van der Waals surface area contributed by atoms with Crippen LogP contribution < -0.4 is 0 Å². The fourth-order valence-electron chi connectivity index (χ4n) is 1.31. The number of benzene rings is 1. The number of alkyl halides is 1. The van der Waals surface area contributed by atoms with E-state index in [-0.39, 0.29) is 5.82 Å². The molecule has 0 saturated heterocycles. The fourth-order valence-corrected chi connectivity index (χ4v) is 1.68. The van der Waals surface area contributed by atoms with Gasteiger partial charge >= 0.3 is 0 Å². The van der Waals surface area contributed by atoms with Gasteiger partial charge in [-0.1, -0.05) is 40.5 Å². The lowest BCUT2D eigenvalue weighted by Gasteiger charge is -2.10. The Labute approximate surface area is 97.6 Å². The Morgan fingerprint density at radius 1 is 1.50 bits per heavy atom. The second-order valence-electron chi connectivity index (χ2n) is 3.61. The SMILES string of the molecule is Cc1c(Cl)ccc(CC(C)CBr)c1F. The van der Waals surface area contributed by atoms with Crippen LogP contribution in [0.25, 0.3) is 0 Å². The Morgan fingerprint density at radius 2 is 2.14 bits per heavy atom. The molecule has 78 valence electrons. The van der Waals surface area contributed by atoms with E-state index in [0.717, 1.165) is 17.3 Å². The largest absolute Gasteiger partial charge is 0.206 e. The molecule has 14 heavy (non-hydrogen) atoms. The molecular weight excluding hydrogens is 266 g/mol. The summed E-state index contributed by atoms with van der Waals surface area (Å²) in [5, 5.41) is 1.38. The van der Waals surface area contributed by atoms with Crippen LogP contribution in [0, 0.1) is 18.7 Å². The van der Waals surface area contributed by atoms with Crippen LogP contribution in [0.4, 0.5) is 4.39 Å². The molecule has 0 N–H and O–H groups in total. The second-order valence-corrected chi connectivity index (χ2v) is 4.66. The van der Waals surface area contributed by atoms with E-state index in [9.17, 15) is 4.39 Å². The average molecular weight is 280 g/mol. The highest BCUT2D eigenvalue weighted by atomic mass is 79.9. The lowest BCUT2D eigenvalue weighted by molar-refractivity contribution is 0.572. The van der Waals surface area contributed by atoms with E-state index in [1.165, 1.54) is 0 Å².